The molecule has 0 saturated heterocycles. The molecular formula is C14H28N2O3. The summed E-state index contributed by atoms with van der Waals surface area (Å²) in [6.45, 7) is 11.6. The number of carbonyl (C=O) groups is 2. The van der Waals surface area contributed by atoms with Crippen molar-refractivity contribution in [1.29, 1.82) is 0 Å². The third-order valence-electron chi connectivity index (χ3n) is 2.98. The molecule has 1 N–H and O–H groups in total. The third kappa shape index (κ3) is 7.03. The predicted molar refractivity (Wildman–Crippen MR) is 75.9 cm³/mol. The van der Waals surface area contributed by atoms with Crippen LogP contribution in [0.2, 0.25) is 0 Å². The Balaban J connectivity index is 4.21. The van der Waals surface area contributed by atoms with Gasteiger partial charge in [-0.1, -0.05) is 13.8 Å². The minimum Gasteiger partial charge on any atom is -0.444 e. The van der Waals surface area contributed by atoms with Crippen molar-refractivity contribution in [3.05, 3.63) is 0 Å². The summed E-state index contributed by atoms with van der Waals surface area (Å²) in [6, 6.07) is -0.0611. The van der Waals surface area contributed by atoms with Gasteiger partial charge in [-0.25, -0.2) is 4.79 Å². The van der Waals surface area contributed by atoms with Gasteiger partial charge in [-0.3, -0.25) is 4.79 Å². The number of carbonyl (C=O) groups excluding carboxylic acids is 2. The summed E-state index contributed by atoms with van der Waals surface area (Å²) in [5.41, 5.74) is -0.508. The van der Waals surface area contributed by atoms with Gasteiger partial charge < -0.3 is 15.0 Å². The van der Waals surface area contributed by atoms with Crippen LogP contribution in [0, 0.1) is 5.92 Å². The number of ether oxygens (including phenoxy) is 1. The lowest BCUT2D eigenvalue weighted by Crippen LogP contribution is -2.45. The Kier molecular flexibility index (Phi) is 6.87. The average Bonchev–Trinajstić information content (AvgIpc) is 2.30. The molecule has 0 aromatic heterocycles. The van der Waals surface area contributed by atoms with E-state index in [-0.39, 0.29) is 17.9 Å². The largest absolute Gasteiger partial charge is 0.444 e. The predicted octanol–water partition coefficient (Wildman–Crippen LogP) is 2.40. The second-order valence-corrected chi connectivity index (χ2v) is 5.99. The number of likely N-dealkylation sites (N-methyl/N-ethyl adjacent to an activating group) is 1. The van der Waals surface area contributed by atoms with Crippen molar-refractivity contribution in [3.63, 3.8) is 0 Å². The highest BCUT2D eigenvalue weighted by molar-refractivity contribution is 5.78. The van der Waals surface area contributed by atoms with Crippen LogP contribution in [0.25, 0.3) is 0 Å². The summed E-state index contributed by atoms with van der Waals surface area (Å²) >= 11 is 0. The van der Waals surface area contributed by atoms with Gasteiger partial charge in [-0.15, -0.1) is 0 Å². The highest BCUT2D eigenvalue weighted by atomic mass is 16.6. The molecular weight excluding hydrogens is 244 g/mol. The maximum absolute atomic E-state index is 12.0. The molecule has 5 nitrogen and oxygen atoms in total. The Morgan fingerprint density at radius 3 is 2.21 bits per heavy atom. The first kappa shape index (κ1) is 17.7. The molecule has 0 aliphatic rings. The zero-order valence-electron chi connectivity index (χ0n) is 13.2. The fraction of sp³-hybridized carbons (Fsp3) is 0.857. The molecule has 0 aliphatic carbocycles. The average molecular weight is 272 g/mol. The molecule has 5 heteroatoms. The fourth-order valence-corrected chi connectivity index (χ4v) is 1.42. The van der Waals surface area contributed by atoms with Crippen LogP contribution < -0.4 is 5.32 Å². The minimum absolute atomic E-state index is 0.00831. The first-order valence-corrected chi connectivity index (χ1v) is 6.82. The van der Waals surface area contributed by atoms with Crippen molar-refractivity contribution in [2.24, 2.45) is 5.92 Å². The fourth-order valence-electron chi connectivity index (χ4n) is 1.42. The first-order chi connectivity index (χ1) is 8.58. The van der Waals surface area contributed by atoms with E-state index in [9.17, 15) is 9.59 Å². The molecule has 19 heavy (non-hydrogen) atoms. The second kappa shape index (κ2) is 7.36. The summed E-state index contributed by atoms with van der Waals surface area (Å²) in [5.74, 6) is 0.106. The van der Waals surface area contributed by atoms with E-state index in [2.05, 4.69) is 5.32 Å². The van der Waals surface area contributed by atoms with E-state index in [1.54, 1.807) is 11.9 Å². The lowest BCUT2D eigenvalue weighted by molar-refractivity contribution is -0.135. The molecule has 0 heterocycles. The molecule has 2 atom stereocenters. The van der Waals surface area contributed by atoms with E-state index in [0.29, 0.717) is 6.54 Å². The summed E-state index contributed by atoms with van der Waals surface area (Å²) in [6.07, 6.45) is 0.360. The van der Waals surface area contributed by atoms with E-state index < -0.39 is 11.7 Å². The van der Waals surface area contributed by atoms with Gasteiger partial charge in [0.15, 0.2) is 0 Å². The molecule has 0 bridgehead atoms. The SMILES string of the molecule is CC[C@@H](C)C(=O)N(C)[C@@H](C)CNC(=O)OC(C)(C)C. The van der Waals surface area contributed by atoms with Crippen LogP contribution in [-0.4, -0.2) is 42.1 Å². The van der Waals surface area contributed by atoms with Crippen molar-refractivity contribution in [2.75, 3.05) is 13.6 Å². The van der Waals surface area contributed by atoms with Crippen LogP contribution in [0.15, 0.2) is 0 Å². The number of alkyl carbamates (subject to hydrolysis) is 1. The standard InChI is InChI=1S/C14H28N2O3/c1-8-10(2)12(17)16(7)11(3)9-15-13(18)19-14(4,5)6/h10-11H,8-9H2,1-7H3,(H,15,18)/t10-,11+/m1/s1. The molecule has 0 spiro atoms. The lowest BCUT2D eigenvalue weighted by atomic mass is 10.1. The van der Waals surface area contributed by atoms with Gasteiger partial charge >= 0.3 is 6.09 Å². The normalized spacial score (nSPS) is 14.5. The highest BCUT2D eigenvalue weighted by Gasteiger charge is 2.21. The van der Waals surface area contributed by atoms with E-state index in [0.717, 1.165) is 6.42 Å². The van der Waals surface area contributed by atoms with Gasteiger partial charge in [0.1, 0.15) is 5.60 Å². The quantitative estimate of drug-likeness (QED) is 0.836. The summed E-state index contributed by atoms with van der Waals surface area (Å²) in [7, 11) is 1.76. The van der Waals surface area contributed by atoms with Crippen LogP contribution in [0.5, 0.6) is 0 Å². The Hall–Kier alpha value is -1.26. The van der Waals surface area contributed by atoms with Gasteiger partial charge in [0.25, 0.3) is 0 Å². The molecule has 2 amide bonds. The third-order valence-corrected chi connectivity index (χ3v) is 2.98. The Morgan fingerprint density at radius 1 is 1.26 bits per heavy atom. The van der Waals surface area contributed by atoms with E-state index >= 15 is 0 Å². The monoisotopic (exact) mass is 272 g/mol. The van der Waals surface area contributed by atoms with Crippen molar-refractivity contribution < 1.29 is 14.3 Å². The van der Waals surface area contributed by atoms with E-state index in [1.807, 2.05) is 41.5 Å². The number of nitrogens with one attached hydrogen (secondary N) is 1. The molecule has 0 aromatic carbocycles. The van der Waals surface area contributed by atoms with Gasteiger partial charge in [0, 0.05) is 25.6 Å². The van der Waals surface area contributed by atoms with Crippen molar-refractivity contribution in [2.45, 2.75) is 59.6 Å². The Labute approximate surface area is 116 Å². The van der Waals surface area contributed by atoms with Gasteiger partial charge in [0.05, 0.1) is 0 Å². The molecule has 0 unspecified atom stereocenters. The summed E-state index contributed by atoms with van der Waals surface area (Å²) in [5, 5.41) is 2.68. The van der Waals surface area contributed by atoms with Crippen LogP contribution >= 0.6 is 0 Å². The molecule has 112 valence electrons. The summed E-state index contributed by atoms with van der Waals surface area (Å²) < 4.78 is 5.14. The summed E-state index contributed by atoms with van der Waals surface area (Å²) in [4.78, 5) is 25.2. The van der Waals surface area contributed by atoms with Crippen molar-refractivity contribution in [1.82, 2.24) is 10.2 Å². The van der Waals surface area contributed by atoms with Crippen LogP contribution in [-0.2, 0) is 9.53 Å². The second-order valence-electron chi connectivity index (χ2n) is 5.99. The molecule has 0 aromatic rings. The van der Waals surface area contributed by atoms with Gasteiger partial charge in [0.2, 0.25) is 5.91 Å². The smallest absolute Gasteiger partial charge is 0.407 e. The van der Waals surface area contributed by atoms with Crippen molar-refractivity contribution >= 4 is 12.0 Å². The molecule has 0 saturated carbocycles. The maximum Gasteiger partial charge on any atom is 0.407 e. The lowest BCUT2D eigenvalue weighted by Gasteiger charge is -2.28. The number of rotatable bonds is 5. The highest BCUT2D eigenvalue weighted by Crippen LogP contribution is 2.09. The van der Waals surface area contributed by atoms with E-state index in [4.69, 9.17) is 4.74 Å². The van der Waals surface area contributed by atoms with Crippen LogP contribution in [0.1, 0.15) is 48.0 Å². The first-order valence-electron chi connectivity index (χ1n) is 6.82. The van der Waals surface area contributed by atoms with E-state index in [1.165, 1.54) is 0 Å². The number of hydrogen-bond acceptors (Lipinski definition) is 3. The zero-order chi connectivity index (χ0) is 15.2. The minimum atomic E-state index is -0.508. The van der Waals surface area contributed by atoms with Crippen LogP contribution in [0.3, 0.4) is 0 Å². The van der Waals surface area contributed by atoms with Crippen molar-refractivity contribution in [3.8, 4) is 0 Å². The topological polar surface area (TPSA) is 58.6 Å². The molecule has 0 radical (unpaired) electrons. The number of hydrogen-bond donors (Lipinski definition) is 1. The number of nitrogens with zero attached hydrogens (tertiary/aromatic N) is 1. The number of amides is 2. The van der Waals surface area contributed by atoms with Gasteiger partial charge in [-0.2, -0.15) is 0 Å². The molecule has 0 rings (SSSR count). The molecule has 0 fully saturated rings. The van der Waals surface area contributed by atoms with Crippen LogP contribution in [0.4, 0.5) is 4.79 Å². The van der Waals surface area contributed by atoms with Gasteiger partial charge in [-0.05, 0) is 34.1 Å². The Morgan fingerprint density at radius 2 is 1.79 bits per heavy atom. The zero-order valence-corrected chi connectivity index (χ0v) is 13.2. The maximum atomic E-state index is 12.0. The Bertz CT molecular complexity index is 310. The molecule has 0 aliphatic heterocycles.